The van der Waals surface area contributed by atoms with E-state index in [1.54, 1.807) is 6.20 Å². The van der Waals surface area contributed by atoms with Crippen LogP contribution in [0.5, 0.6) is 0 Å². The van der Waals surface area contributed by atoms with E-state index in [1.165, 1.54) is 0 Å². The van der Waals surface area contributed by atoms with Crippen LogP contribution in [0.25, 0.3) is 34.1 Å². The summed E-state index contributed by atoms with van der Waals surface area (Å²) < 4.78 is 1.90. The van der Waals surface area contributed by atoms with E-state index in [-0.39, 0.29) is 0 Å². The number of hydrogen-bond acceptors (Lipinski definition) is 4. The summed E-state index contributed by atoms with van der Waals surface area (Å²) in [4.78, 5) is 9.24. The van der Waals surface area contributed by atoms with Crippen LogP contribution >= 0.6 is 11.6 Å². The summed E-state index contributed by atoms with van der Waals surface area (Å²) in [7, 11) is 0. The normalized spacial score (nSPS) is 12.5. The molecule has 1 aromatic carbocycles. The van der Waals surface area contributed by atoms with Crippen molar-refractivity contribution in [3.8, 4) is 28.5 Å². The molecule has 5 nitrogen and oxygen atoms in total. The van der Waals surface area contributed by atoms with Gasteiger partial charge in [-0.05, 0) is 42.8 Å². The van der Waals surface area contributed by atoms with Crippen LogP contribution < -0.4 is 5.32 Å². The van der Waals surface area contributed by atoms with Crippen molar-refractivity contribution in [1.29, 1.82) is 5.26 Å². The zero-order valence-corrected chi connectivity index (χ0v) is 16.9. The van der Waals surface area contributed by atoms with E-state index in [0.29, 0.717) is 16.2 Å². The van der Waals surface area contributed by atoms with E-state index in [9.17, 15) is 5.26 Å². The maximum absolute atomic E-state index is 9.50. The lowest BCUT2D eigenvalue weighted by Crippen LogP contribution is -2.06. The minimum Gasteiger partial charge on any atom is -0.340 e. The first kappa shape index (κ1) is 18.2. The molecule has 1 aliphatic rings. The standard InChI is InChI=1S/C24H16ClN5/c1-14-6-7-16-10-20(18-11-21(25)24-27-8-9-30(24)13-18)22(29-23(16)28-14)19-5-3-4-17(12-26)15(19)2/h3-11,13H,1H2,2H3,(H,28,29). The number of rotatable bonds is 2. The molecular weight excluding hydrogens is 394 g/mol. The van der Waals surface area contributed by atoms with Gasteiger partial charge >= 0.3 is 0 Å². The number of allylic oxidation sites excluding steroid dienone is 1. The third-order valence-corrected chi connectivity index (χ3v) is 5.54. The Morgan fingerprint density at radius 1 is 1.20 bits per heavy atom. The number of nitrogens with zero attached hydrogens (tertiary/aromatic N) is 4. The van der Waals surface area contributed by atoms with E-state index < -0.39 is 0 Å². The first-order valence-electron chi connectivity index (χ1n) is 9.37. The molecule has 0 spiro atoms. The molecule has 30 heavy (non-hydrogen) atoms. The second kappa shape index (κ2) is 6.87. The lowest BCUT2D eigenvalue weighted by Gasteiger charge is -2.19. The van der Waals surface area contributed by atoms with Crippen LogP contribution in [0.2, 0.25) is 5.02 Å². The smallest absolute Gasteiger partial charge is 0.155 e. The highest BCUT2D eigenvalue weighted by atomic mass is 35.5. The van der Waals surface area contributed by atoms with E-state index in [0.717, 1.165) is 45.0 Å². The Kier molecular flexibility index (Phi) is 4.16. The molecule has 1 aliphatic heterocycles. The maximum atomic E-state index is 9.50. The van der Waals surface area contributed by atoms with Crippen molar-refractivity contribution in [3.63, 3.8) is 0 Å². The molecule has 4 heterocycles. The second-order valence-electron chi connectivity index (χ2n) is 7.13. The van der Waals surface area contributed by atoms with Gasteiger partial charge in [0, 0.05) is 46.5 Å². The number of nitriles is 1. The zero-order valence-electron chi connectivity index (χ0n) is 16.1. The Labute approximate surface area is 178 Å². The van der Waals surface area contributed by atoms with Crippen molar-refractivity contribution < 1.29 is 0 Å². The molecule has 0 atom stereocenters. The van der Waals surface area contributed by atoms with Crippen molar-refractivity contribution in [2.45, 2.75) is 6.92 Å². The molecule has 5 rings (SSSR count). The molecule has 0 saturated heterocycles. The summed E-state index contributed by atoms with van der Waals surface area (Å²) in [5.41, 5.74) is 7.44. The first-order valence-corrected chi connectivity index (χ1v) is 9.74. The Hall–Kier alpha value is -3.88. The molecule has 0 bridgehead atoms. The highest BCUT2D eigenvalue weighted by molar-refractivity contribution is 6.33. The minimum atomic E-state index is 0.561. The highest BCUT2D eigenvalue weighted by Crippen LogP contribution is 2.38. The van der Waals surface area contributed by atoms with Crippen molar-refractivity contribution in [3.05, 3.63) is 89.0 Å². The van der Waals surface area contributed by atoms with Crippen molar-refractivity contribution in [2.75, 3.05) is 5.32 Å². The molecule has 4 aromatic rings. The average Bonchev–Trinajstić information content (AvgIpc) is 3.22. The number of aromatic nitrogens is 3. The molecule has 6 heteroatoms. The monoisotopic (exact) mass is 409 g/mol. The lowest BCUT2D eigenvalue weighted by molar-refractivity contribution is 1.18. The third kappa shape index (κ3) is 2.86. The van der Waals surface area contributed by atoms with Crippen LogP contribution in [0.3, 0.4) is 0 Å². The molecule has 0 saturated carbocycles. The second-order valence-corrected chi connectivity index (χ2v) is 7.54. The first-order chi connectivity index (χ1) is 14.5. The minimum absolute atomic E-state index is 0.561. The third-order valence-electron chi connectivity index (χ3n) is 5.26. The van der Waals surface area contributed by atoms with Gasteiger partial charge < -0.3 is 9.72 Å². The number of halogens is 1. The summed E-state index contributed by atoms with van der Waals surface area (Å²) in [5.74, 6) is 0.734. The number of fused-ring (bicyclic) bond motifs is 2. The van der Waals surface area contributed by atoms with Crippen molar-refractivity contribution in [2.24, 2.45) is 0 Å². The van der Waals surface area contributed by atoms with Crippen LogP contribution in [0.15, 0.2) is 67.3 Å². The highest BCUT2D eigenvalue weighted by Gasteiger charge is 2.19. The van der Waals surface area contributed by atoms with E-state index in [1.807, 2.05) is 60.1 Å². The van der Waals surface area contributed by atoms with E-state index >= 15 is 0 Å². The number of pyridine rings is 2. The molecule has 0 fully saturated rings. The largest absolute Gasteiger partial charge is 0.340 e. The Bertz CT molecular complexity index is 1420. The van der Waals surface area contributed by atoms with Crippen LogP contribution in [0.4, 0.5) is 5.82 Å². The Balaban J connectivity index is 1.83. The number of anilines is 1. The summed E-state index contributed by atoms with van der Waals surface area (Å²) >= 11 is 6.51. The van der Waals surface area contributed by atoms with Crippen molar-refractivity contribution in [1.82, 2.24) is 14.4 Å². The predicted molar refractivity (Wildman–Crippen MR) is 120 cm³/mol. The van der Waals surface area contributed by atoms with Gasteiger partial charge in [0.05, 0.1) is 22.3 Å². The molecule has 0 unspecified atom stereocenters. The maximum Gasteiger partial charge on any atom is 0.155 e. The fraction of sp³-hybridized carbons (Fsp3) is 0.0417. The van der Waals surface area contributed by atoms with Gasteiger partial charge in [-0.25, -0.2) is 9.97 Å². The molecule has 3 aromatic heterocycles. The number of imidazole rings is 1. The van der Waals surface area contributed by atoms with Crippen LogP contribution in [0.1, 0.15) is 16.7 Å². The van der Waals surface area contributed by atoms with Crippen LogP contribution in [0, 0.1) is 18.3 Å². The topological polar surface area (TPSA) is 66.0 Å². The van der Waals surface area contributed by atoms with Gasteiger partial charge in [-0.1, -0.05) is 30.3 Å². The Morgan fingerprint density at radius 2 is 2.07 bits per heavy atom. The lowest BCUT2D eigenvalue weighted by atomic mass is 9.93. The molecule has 0 radical (unpaired) electrons. The molecule has 0 aliphatic carbocycles. The van der Waals surface area contributed by atoms with Gasteiger partial charge in [-0.15, -0.1) is 0 Å². The van der Waals surface area contributed by atoms with Gasteiger partial charge in [-0.3, -0.25) is 0 Å². The van der Waals surface area contributed by atoms with E-state index in [2.05, 4.69) is 29.0 Å². The summed E-state index contributed by atoms with van der Waals surface area (Å²) in [6, 6.07) is 11.9. The Morgan fingerprint density at radius 3 is 2.90 bits per heavy atom. The quantitative estimate of drug-likeness (QED) is 0.451. The average molecular weight is 410 g/mol. The summed E-state index contributed by atoms with van der Waals surface area (Å²) in [5, 5.41) is 13.3. The van der Waals surface area contributed by atoms with Gasteiger partial charge in [0.15, 0.2) is 5.65 Å². The van der Waals surface area contributed by atoms with Gasteiger partial charge in [-0.2, -0.15) is 5.26 Å². The zero-order chi connectivity index (χ0) is 20.8. The van der Waals surface area contributed by atoms with Crippen LogP contribution in [-0.4, -0.2) is 14.4 Å². The fourth-order valence-electron chi connectivity index (χ4n) is 3.72. The van der Waals surface area contributed by atoms with Gasteiger partial charge in [0.1, 0.15) is 5.82 Å². The molecule has 144 valence electrons. The van der Waals surface area contributed by atoms with Crippen molar-refractivity contribution >= 4 is 29.1 Å². The molecule has 0 amide bonds. The predicted octanol–water partition coefficient (Wildman–Crippen LogP) is 5.85. The number of hydrogen-bond donors (Lipinski definition) is 1. The SMILES string of the molecule is C=C1C=Cc2cc(-c3cc(Cl)c4nccn4c3)c(-c3cccc(C#N)c3C)nc2N1. The summed E-state index contributed by atoms with van der Waals surface area (Å²) in [6.45, 7) is 5.91. The van der Waals surface area contributed by atoms with Gasteiger partial charge in [0.2, 0.25) is 0 Å². The number of benzene rings is 1. The number of nitrogens with one attached hydrogen (secondary N) is 1. The van der Waals surface area contributed by atoms with Crippen LogP contribution in [-0.2, 0) is 0 Å². The van der Waals surface area contributed by atoms with Gasteiger partial charge in [0.25, 0.3) is 0 Å². The molecule has 1 N–H and O–H groups in total. The molecular formula is C24H16ClN5. The van der Waals surface area contributed by atoms with E-state index in [4.69, 9.17) is 16.6 Å². The fourth-order valence-corrected chi connectivity index (χ4v) is 3.98. The summed E-state index contributed by atoms with van der Waals surface area (Å²) in [6.07, 6.45) is 9.48.